The summed E-state index contributed by atoms with van der Waals surface area (Å²) in [4.78, 5) is 18.6. The minimum absolute atomic E-state index is 0.0355. The molecule has 0 saturated heterocycles. The Kier molecular flexibility index (Phi) is 5.87. The molecule has 1 atom stereocenters. The monoisotopic (exact) mass is 454 g/mol. The molecule has 0 radical (unpaired) electrons. The van der Waals surface area contributed by atoms with Gasteiger partial charge >= 0.3 is 0 Å². The van der Waals surface area contributed by atoms with Crippen molar-refractivity contribution >= 4 is 15.7 Å². The van der Waals surface area contributed by atoms with Gasteiger partial charge in [-0.2, -0.15) is 0 Å². The number of methoxy groups -OCH3 is 2. The molecule has 0 aliphatic carbocycles. The normalized spacial score (nSPS) is 16.8. The average Bonchev–Trinajstić information content (AvgIpc) is 3.30. The first-order chi connectivity index (χ1) is 15.4. The van der Waals surface area contributed by atoms with E-state index < -0.39 is 9.84 Å². The van der Waals surface area contributed by atoms with Crippen molar-refractivity contribution in [3.63, 3.8) is 0 Å². The summed E-state index contributed by atoms with van der Waals surface area (Å²) in [5.74, 6) is 0.508. The lowest BCUT2D eigenvalue weighted by molar-refractivity contribution is -0.117. The number of carbonyl (C=O) groups is 1. The van der Waals surface area contributed by atoms with Crippen LogP contribution in [0, 0.1) is 0 Å². The Labute approximate surface area is 186 Å². The second-order valence-corrected chi connectivity index (χ2v) is 8.96. The van der Waals surface area contributed by atoms with Crippen LogP contribution in [0.15, 0.2) is 82.6 Å². The molecule has 4 rings (SSSR count). The predicted octanol–water partition coefficient (Wildman–Crippen LogP) is 1.70. The molecule has 1 aromatic carbocycles. The molecule has 2 N–H and O–H groups in total. The number of carbonyl (C=O) groups excluding carboxylic acids is 1. The molecule has 2 aliphatic heterocycles. The molecule has 0 spiro atoms. The van der Waals surface area contributed by atoms with Crippen LogP contribution in [0.5, 0.6) is 11.5 Å². The first kappa shape index (κ1) is 21.4. The zero-order valence-corrected chi connectivity index (χ0v) is 18.3. The van der Waals surface area contributed by atoms with E-state index in [0.29, 0.717) is 22.8 Å². The van der Waals surface area contributed by atoms with Crippen LogP contribution in [-0.2, 0) is 21.2 Å². The van der Waals surface area contributed by atoms with Gasteiger partial charge in [-0.3, -0.25) is 9.78 Å². The summed E-state index contributed by atoms with van der Waals surface area (Å²) >= 11 is 0. The summed E-state index contributed by atoms with van der Waals surface area (Å²) in [6.45, 7) is 0.165. The fraction of sp³-hybridized carbons (Fsp3) is 0.182. The van der Waals surface area contributed by atoms with Crippen LogP contribution in [-0.4, -0.2) is 44.6 Å². The molecule has 10 heteroatoms. The van der Waals surface area contributed by atoms with Crippen LogP contribution < -0.4 is 20.1 Å². The lowest BCUT2D eigenvalue weighted by Gasteiger charge is -2.23. The van der Waals surface area contributed by atoms with E-state index in [1.807, 2.05) is 23.4 Å². The zero-order chi connectivity index (χ0) is 22.7. The lowest BCUT2D eigenvalue weighted by Crippen LogP contribution is -2.34. The van der Waals surface area contributed by atoms with E-state index in [4.69, 9.17) is 9.47 Å². The molecule has 2 aromatic rings. The number of rotatable bonds is 7. The number of hydrogen-bond donors (Lipinski definition) is 2. The van der Waals surface area contributed by atoms with Gasteiger partial charge in [0.1, 0.15) is 6.17 Å². The van der Waals surface area contributed by atoms with Crippen LogP contribution in [0.3, 0.4) is 0 Å². The maximum absolute atomic E-state index is 12.9. The molecule has 2 aliphatic rings. The minimum Gasteiger partial charge on any atom is -0.493 e. The van der Waals surface area contributed by atoms with Gasteiger partial charge in [0.05, 0.1) is 41.8 Å². The van der Waals surface area contributed by atoms with E-state index in [0.717, 1.165) is 0 Å². The third kappa shape index (κ3) is 4.17. The fourth-order valence-electron chi connectivity index (χ4n) is 3.28. The summed E-state index contributed by atoms with van der Waals surface area (Å²) in [6, 6.07) is 7.43. The first-order valence-electron chi connectivity index (χ1n) is 9.73. The molecular weight excluding hydrogens is 432 g/mol. The quantitative estimate of drug-likeness (QED) is 0.651. The molecule has 1 aromatic heterocycles. The Bertz CT molecular complexity index is 1220. The molecule has 3 heterocycles. The highest BCUT2D eigenvalue weighted by Gasteiger charge is 2.22. The van der Waals surface area contributed by atoms with Crippen LogP contribution in [0.4, 0.5) is 0 Å². The Morgan fingerprint density at radius 1 is 1.16 bits per heavy atom. The Morgan fingerprint density at radius 3 is 2.66 bits per heavy atom. The molecule has 1 amide bonds. The molecule has 166 valence electrons. The smallest absolute Gasteiger partial charge is 0.253 e. The van der Waals surface area contributed by atoms with Gasteiger partial charge in [-0.25, -0.2) is 8.42 Å². The van der Waals surface area contributed by atoms with E-state index >= 15 is 0 Å². The van der Waals surface area contributed by atoms with Crippen molar-refractivity contribution in [1.82, 2.24) is 20.5 Å². The van der Waals surface area contributed by atoms with Gasteiger partial charge in [-0.1, -0.05) is 0 Å². The third-order valence-corrected chi connectivity index (χ3v) is 6.78. The standard InChI is InChI=1S/C22H22N4O5S/c1-30-19-7-6-17(11-20(19)31-2)32(28,29)18-5-4-16(24-13-18)12-25-22(27)15-3-8-21-23-9-10-26(21)14-15/h3-11,13-14,21,23H,12H2,1-2H3,(H,25,27). The van der Waals surface area contributed by atoms with Crippen molar-refractivity contribution in [3.8, 4) is 11.5 Å². The predicted molar refractivity (Wildman–Crippen MR) is 116 cm³/mol. The number of amides is 1. The van der Waals surface area contributed by atoms with Crippen LogP contribution in [0.1, 0.15) is 5.69 Å². The van der Waals surface area contributed by atoms with Crippen LogP contribution in [0.25, 0.3) is 0 Å². The molecule has 0 fully saturated rings. The van der Waals surface area contributed by atoms with E-state index in [2.05, 4.69) is 15.6 Å². The van der Waals surface area contributed by atoms with Gasteiger partial charge in [-0.15, -0.1) is 0 Å². The SMILES string of the molecule is COc1ccc(S(=O)(=O)c2ccc(CNC(=O)C3=CN4C=CNC4C=C3)nc2)cc1OC. The Balaban J connectivity index is 1.43. The highest BCUT2D eigenvalue weighted by atomic mass is 32.2. The molecule has 32 heavy (non-hydrogen) atoms. The summed E-state index contributed by atoms with van der Waals surface area (Å²) < 4.78 is 36.2. The number of sulfone groups is 1. The number of hydrogen-bond acceptors (Lipinski definition) is 8. The number of pyridine rings is 1. The molecule has 9 nitrogen and oxygen atoms in total. The molecule has 0 saturated carbocycles. The topological polar surface area (TPSA) is 110 Å². The van der Waals surface area contributed by atoms with Crippen molar-refractivity contribution < 1.29 is 22.7 Å². The number of aromatic nitrogens is 1. The van der Waals surface area contributed by atoms with Crippen molar-refractivity contribution in [1.29, 1.82) is 0 Å². The Hall–Kier alpha value is -3.79. The lowest BCUT2D eigenvalue weighted by atomic mass is 10.1. The van der Waals surface area contributed by atoms with Gasteiger partial charge in [0.25, 0.3) is 5.91 Å². The fourth-order valence-corrected chi connectivity index (χ4v) is 4.50. The van der Waals surface area contributed by atoms with Crippen molar-refractivity contribution in [2.45, 2.75) is 22.5 Å². The number of nitrogens with zero attached hydrogens (tertiary/aromatic N) is 2. The second kappa shape index (κ2) is 8.75. The summed E-state index contributed by atoms with van der Waals surface area (Å²) in [7, 11) is -0.874. The summed E-state index contributed by atoms with van der Waals surface area (Å²) in [6.07, 6.45) is 10.4. The second-order valence-electron chi connectivity index (χ2n) is 7.01. The highest BCUT2D eigenvalue weighted by molar-refractivity contribution is 7.91. The van der Waals surface area contributed by atoms with E-state index in [9.17, 15) is 13.2 Å². The number of benzene rings is 1. The first-order valence-corrected chi connectivity index (χ1v) is 11.2. The number of nitrogens with one attached hydrogen (secondary N) is 2. The zero-order valence-electron chi connectivity index (χ0n) is 17.5. The van der Waals surface area contributed by atoms with E-state index in [1.165, 1.54) is 44.7 Å². The highest BCUT2D eigenvalue weighted by Crippen LogP contribution is 2.31. The van der Waals surface area contributed by atoms with Gasteiger partial charge in [0, 0.05) is 30.9 Å². The molecule has 1 unspecified atom stereocenters. The molecular formula is C22H22N4O5S. The number of ether oxygens (including phenoxy) is 2. The summed E-state index contributed by atoms with van der Waals surface area (Å²) in [5.41, 5.74) is 1.05. The maximum Gasteiger partial charge on any atom is 0.253 e. The maximum atomic E-state index is 12.9. The van der Waals surface area contributed by atoms with E-state index in [1.54, 1.807) is 18.3 Å². The van der Waals surface area contributed by atoms with Crippen LogP contribution >= 0.6 is 0 Å². The van der Waals surface area contributed by atoms with E-state index in [-0.39, 0.29) is 28.4 Å². The number of fused-ring (bicyclic) bond motifs is 1. The van der Waals surface area contributed by atoms with Gasteiger partial charge < -0.3 is 25.0 Å². The minimum atomic E-state index is -3.79. The third-order valence-electron chi connectivity index (χ3n) is 5.05. The van der Waals surface area contributed by atoms with Gasteiger partial charge in [0.15, 0.2) is 11.5 Å². The van der Waals surface area contributed by atoms with Crippen molar-refractivity contribution in [3.05, 3.63) is 78.5 Å². The van der Waals surface area contributed by atoms with Gasteiger partial charge in [0.2, 0.25) is 9.84 Å². The van der Waals surface area contributed by atoms with Gasteiger partial charge in [-0.05, 0) is 36.4 Å². The van der Waals surface area contributed by atoms with Crippen molar-refractivity contribution in [2.75, 3.05) is 14.2 Å². The Morgan fingerprint density at radius 2 is 1.94 bits per heavy atom. The average molecular weight is 455 g/mol. The molecule has 0 bridgehead atoms. The van der Waals surface area contributed by atoms with Crippen LogP contribution in [0.2, 0.25) is 0 Å². The largest absolute Gasteiger partial charge is 0.493 e. The van der Waals surface area contributed by atoms with Crippen molar-refractivity contribution in [2.24, 2.45) is 0 Å². The summed E-state index contributed by atoms with van der Waals surface area (Å²) in [5, 5.41) is 5.92.